The molecule has 1 aliphatic carbocycles. The third kappa shape index (κ3) is 4.77. The summed E-state index contributed by atoms with van der Waals surface area (Å²) in [7, 11) is 0. The van der Waals surface area contributed by atoms with Gasteiger partial charge in [0, 0.05) is 0 Å². The predicted octanol–water partition coefficient (Wildman–Crippen LogP) is 5.45. The lowest BCUT2D eigenvalue weighted by Crippen LogP contribution is -2.06. The van der Waals surface area contributed by atoms with Crippen molar-refractivity contribution < 1.29 is 0 Å². The Kier molecular flexibility index (Phi) is 6.04. The molecule has 0 spiro atoms. The van der Waals surface area contributed by atoms with Crippen molar-refractivity contribution in [3.05, 3.63) is 48.1 Å². The van der Waals surface area contributed by atoms with Crippen molar-refractivity contribution in [2.75, 3.05) is 0 Å². The zero-order valence-corrected chi connectivity index (χ0v) is 11.6. The van der Waals surface area contributed by atoms with Crippen molar-refractivity contribution in [2.45, 2.75) is 46.5 Å². The summed E-state index contributed by atoms with van der Waals surface area (Å²) in [5.74, 6) is 1.38. The highest BCUT2D eigenvalue weighted by Gasteiger charge is 2.11. The molecule has 0 heterocycles. The largest absolute Gasteiger partial charge is 0.0991 e. The predicted molar refractivity (Wildman–Crippen MR) is 78.0 cm³/mol. The van der Waals surface area contributed by atoms with Crippen LogP contribution in [0, 0.1) is 11.8 Å². The first-order valence-electron chi connectivity index (χ1n) is 6.86. The van der Waals surface area contributed by atoms with Gasteiger partial charge in [-0.2, -0.15) is 0 Å². The fourth-order valence-electron chi connectivity index (χ4n) is 2.25. The molecule has 0 aliphatic heterocycles. The van der Waals surface area contributed by atoms with Crippen LogP contribution in [0.2, 0.25) is 0 Å². The molecule has 2 unspecified atom stereocenters. The lowest BCUT2D eigenvalue weighted by molar-refractivity contribution is 0.545. The van der Waals surface area contributed by atoms with Crippen LogP contribution in [-0.4, -0.2) is 0 Å². The maximum absolute atomic E-state index is 3.79. The molecule has 0 N–H and O–H groups in total. The van der Waals surface area contributed by atoms with Gasteiger partial charge in [-0.25, -0.2) is 0 Å². The molecule has 0 aromatic rings. The van der Waals surface area contributed by atoms with Crippen LogP contribution in [0.15, 0.2) is 48.1 Å². The van der Waals surface area contributed by atoms with Gasteiger partial charge in [0.05, 0.1) is 0 Å². The van der Waals surface area contributed by atoms with Gasteiger partial charge in [-0.3, -0.25) is 0 Å². The minimum atomic E-state index is 0.688. The zero-order valence-electron chi connectivity index (χ0n) is 11.6. The standard InChI is InChI=1S/C17H26/c1-5-7-16(8-6-2)11-12-17-10-9-14(3)15(4)13-17/h5,7,9-10,13-15H,1,6,8,11-12H2,2-4H3/b16-7-. The topological polar surface area (TPSA) is 0 Å². The summed E-state index contributed by atoms with van der Waals surface area (Å²) < 4.78 is 0. The quantitative estimate of drug-likeness (QED) is 0.532. The van der Waals surface area contributed by atoms with Gasteiger partial charge in [-0.05, 0) is 31.1 Å². The van der Waals surface area contributed by atoms with Gasteiger partial charge in [0.15, 0.2) is 0 Å². The molecule has 1 aliphatic rings. The molecular formula is C17H26. The average Bonchev–Trinajstić information content (AvgIpc) is 2.31. The van der Waals surface area contributed by atoms with E-state index in [2.05, 4.69) is 51.7 Å². The second-order valence-corrected chi connectivity index (χ2v) is 5.13. The molecule has 0 aromatic carbocycles. The molecule has 94 valence electrons. The molecule has 0 radical (unpaired) electrons. The van der Waals surface area contributed by atoms with E-state index in [0.717, 1.165) is 0 Å². The van der Waals surface area contributed by atoms with E-state index in [-0.39, 0.29) is 0 Å². The Balaban J connectivity index is 2.50. The Labute approximate surface area is 107 Å². The molecule has 0 saturated carbocycles. The molecule has 0 aromatic heterocycles. The smallest absolute Gasteiger partial charge is 0.0196 e. The van der Waals surface area contributed by atoms with Crippen LogP contribution in [-0.2, 0) is 0 Å². The summed E-state index contributed by atoms with van der Waals surface area (Å²) in [6, 6.07) is 0. The maximum atomic E-state index is 3.79. The summed E-state index contributed by atoms with van der Waals surface area (Å²) in [4.78, 5) is 0. The molecule has 1 rings (SSSR count). The Bertz CT molecular complexity index is 328. The van der Waals surface area contributed by atoms with Crippen molar-refractivity contribution in [2.24, 2.45) is 11.8 Å². The molecule has 2 atom stereocenters. The van der Waals surface area contributed by atoms with E-state index in [1.54, 1.807) is 0 Å². The number of rotatable bonds is 6. The SMILES string of the molecule is C=C/C=C(/CCC)CCC1=CC(C)C(C)C=C1. The Morgan fingerprint density at radius 1 is 1.29 bits per heavy atom. The van der Waals surface area contributed by atoms with Gasteiger partial charge in [0.2, 0.25) is 0 Å². The van der Waals surface area contributed by atoms with E-state index in [1.807, 2.05) is 6.08 Å². The zero-order chi connectivity index (χ0) is 12.7. The number of hydrogen-bond acceptors (Lipinski definition) is 0. The third-order valence-electron chi connectivity index (χ3n) is 3.58. The molecule has 17 heavy (non-hydrogen) atoms. The highest BCUT2D eigenvalue weighted by atomic mass is 14.2. The monoisotopic (exact) mass is 230 g/mol. The molecule has 0 bridgehead atoms. The second kappa shape index (κ2) is 7.32. The van der Waals surface area contributed by atoms with Crippen LogP contribution >= 0.6 is 0 Å². The van der Waals surface area contributed by atoms with Crippen molar-refractivity contribution >= 4 is 0 Å². The van der Waals surface area contributed by atoms with Gasteiger partial charge in [0.25, 0.3) is 0 Å². The summed E-state index contributed by atoms with van der Waals surface area (Å²) >= 11 is 0. The van der Waals surface area contributed by atoms with Crippen LogP contribution in [0.3, 0.4) is 0 Å². The normalized spacial score (nSPS) is 24.6. The molecule has 0 fully saturated rings. The van der Waals surface area contributed by atoms with Gasteiger partial charge in [0.1, 0.15) is 0 Å². The number of allylic oxidation sites excluding steroid dienone is 7. The van der Waals surface area contributed by atoms with Crippen molar-refractivity contribution in [3.63, 3.8) is 0 Å². The Morgan fingerprint density at radius 2 is 2.06 bits per heavy atom. The van der Waals surface area contributed by atoms with Gasteiger partial charge in [-0.15, -0.1) is 0 Å². The lowest BCUT2D eigenvalue weighted by Gasteiger charge is -2.19. The third-order valence-corrected chi connectivity index (χ3v) is 3.58. The minimum Gasteiger partial charge on any atom is -0.0991 e. The second-order valence-electron chi connectivity index (χ2n) is 5.13. The van der Waals surface area contributed by atoms with Gasteiger partial charge in [-0.1, -0.05) is 75.3 Å². The maximum Gasteiger partial charge on any atom is -0.0196 e. The summed E-state index contributed by atoms with van der Waals surface area (Å²) in [5.41, 5.74) is 3.03. The van der Waals surface area contributed by atoms with Gasteiger partial charge >= 0.3 is 0 Å². The minimum absolute atomic E-state index is 0.688. The van der Waals surface area contributed by atoms with Crippen LogP contribution in [0.25, 0.3) is 0 Å². The summed E-state index contributed by atoms with van der Waals surface area (Å²) in [5, 5.41) is 0. The van der Waals surface area contributed by atoms with E-state index >= 15 is 0 Å². The Hall–Kier alpha value is -1.04. The van der Waals surface area contributed by atoms with E-state index in [1.165, 1.54) is 36.8 Å². The van der Waals surface area contributed by atoms with Crippen LogP contribution in [0.5, 0.6) is 0 Å². The number of hydrogen-bond donors (Lipinski definition) is 0. The van der Waals surface area contributed by atoms with E-state index in [4.69, 9.17) is 0 Å². The van der Waals surface area contributed by atoms with Crippen LogP contribution in [0.1, 0.15) is 46.5 Å². The van der Waals surface area contributed by atoms with Crippen molar-refractivity contribution in [3.8, 4) is 0 Å². The highest BCUT2D eigenvalue weighted by Crippen LogP contribution is 2.26. The van der Waals surface area contributed by atoms with Crippen LogP contribution < -0.4 is 0 Å². The van der Waals surface area contributed by atoms with Crippen molar-refractivity contribution in [1.29, 1.82) is 0 Å². The van der Waals surface area contributed by atoms with Gasteiger partial charge < -0.3 is 0 Å². The van der Waals surface area contributed by atoms with E-state index < -0.39 is 0 Å². The molecule has 0 saturated heterocycles. The first kappa shape index (κ1) is 14.0. The average molecular weight is 230 g/mol. The first-order valence-corrected chi connectivity index (χ1v) is 6.86. The highest BCUT2D eigenvalue weighted by molar-refractivity contribution is 5.26. The molecule has 0 nitrogen and oxygen atoms in total. The summed E-state index contributed by atoms with van der Waals surface area (Å²) in [6.45, 7) is 10.6. The van der Waals surface area contributed by atoms with E-state index in [9.17, 15) is 0 Å². The summed E-state index contributed by atoms with van der Waals surface area (Å²) in [6.07, 6.45) is 16.0. The molecule has 0 amide bonds. The van der Waals surface area contributed by atoms with Crippen LogP contribution in [0.4, 0.5) is 0 Å². The molecule has 0 heteroatoms. The molecular weight excluding hydrogens is 204 g/mol. The fraction of sp³-hybridized carbons (Fsp3) is 0.529. The lowest BCUT2D eigenvalue weighted by atomic mass is 9.86. The Morgan fingerprint density at radius 3 is 2.65 bits per heavy atom. The first-order chi connectivity index (χ1) is 8.17. The fourth-order valence-corrected chi connectivity index (χ4v) is 2.25. The van der Waals surface area contributed by atoms with Crippen molar-refractivity contribution in [1.82, 2.24) is 0 Å². The van der Waals surface area contributed by atoms with E-state index in [0.29, 0.717) is 11.8 Å².